The van der Waals surface area contributed by atoms with Gasteiger partial charge in [0, 0.05) is 12.3 Å². The van der Waals surface area contributed by atoms with Crippen LogP contribution in [0.5, 0.6) is 0 Å². The van der Waals surface area contributed by atoms with Crippen LogP contribution < -0.4 is 5.73 Å². The average molecular weight is 262 g/mol. The molecule has 1 unspecified atom stereocenters. The molecule has 0 bridgehead atoms. The number of aromatic nitrogens is 1. The fourth-order valence-electron chi connectivity index (χ4n) is 1.07. The van der Waals surface area contributed by atoms with Gasteiger partial charge in [0.05, 0.1) is 5.02 Å². The van der Waals surface area contributed by atoms with E-state index < -0.39 is 11.2 Å². The van der Waals surface area contributed by atoms with Crippen LogP contribution in [0.1, 0.15) is 19.5 Å². The molecule has 0 aliphatic heterocycles. The molecule has 0 spiro atoms. The number of hydrogen-bond acceptors (Lipinski definition) is 4. The molecule has 0 fully saturated rings. The van der Waals surface area contributed by atoms with E-state index in [-0.39, 0.29) is 16.8 Å². The first-order valence-electron chi connectivity index (χ1n) is 4.51. The van der Waals surface area contributed by atoms with Gasteiger partial charge in [-0.15, -0.1) is 0 Å². The third-order valence-electron chi connectivity index (χ3n) is 1.81. The molecule has 16 heavy (non-hydrogen) atoms. The van der Waals surface area contributed by atoms with Crippen molar-refractivity contribution in [3.63, 3.8) is 0 Å². The van der Waals surface area contributed by atoms with E-state index in [1.54, 1.807) is 13.8 Å². The van der Waals surface area contributed by atoms with Crippen LogP contribution in [-0.2, 0) is 11.2 Å². The Kier molecular flexibility index (Phi) is 4.40. The van der Waals surface area contributed by atoms with Crippen LogP contribution in [0.4, 0.5) is 0 Å². The van der Waals surface area contributed by atoms with E-state index in [4.69, 9.17) is 22.5 Å². The molecular weight excluding hydrogens is 250 g/mol. The summed E-state index contributed by atoms with van der Waals surface area (Å²) in [6.45, 7) is 3.60. The van der Waals surface area contributed by atoms with Gasteiger partial charge in [0.1, 0.15) is 5.25 Å². The maximum absolute atomic E-state index is 12.0. The summed E-state index contributed by atoms with van der Waals surface area (Å²) in [5, 5.41) is 11.7. The third kappa shape index (κ3) is 2.78. The van der Waals surface area contributed by atoms with Crippen LogP contribution >= 0.6 is 11.6 Å². The Hall–Kier alpha value is -0.980. The molecule has 88 valence electrons. The summed E-state index contributed by atoms with van der Waals surface area (Å²) >= 11 is 4.48. The van der Waals surface area contributed by atoms with E-state index >= 15 is 0 Å². The number of nitrogens with two attached hydrogens (primary N) is 1. The first-order valence-corrected chi connectivity index (χ1v) is 6.10. The van der Waals surface area contributed by atoms with Crippen LogP contribution in [0, 0.1) is 0 Å². The summed E-state index contributed by atoms with van der Waals surface area (Å²) in [7, 11) is 0. The summed E-state index contributed by atoms with van der Waals surface area (Å²) in [5.41, 5.74) is 5.64. The lowest BCUT2D eigenvalue weighted by molar-refractivity contribution is 0.318. The smallest absolute Gasteiger partial charge is 0.193 e. The van der Waals surface area contributed by atoms with E-state index in [1.165, 1.54) is 12.3 Å². The second kappa shape index (κ2) is 5.38. The van der Waals surface area contributed by atoms with Gasteiger partial charge in [0.15, 0.2) is 16.4 Å². The lowest BCUT2D eigenvalue weighted by Crippen LogP contribution is -2.23. The molecule has 3 N–H and O–H groups in total. The van der Waals surface area contributed by atoms with Gasteiger partial charge in [0.2, 0.25) is 0 Å². The normalized spacial score (nSPS) is 14.2. The fourth-order valence-corrected chi connectivity index (χ4v) is 2.39. The largest absolute Gasteiger partial charge is 0.611 e. The molecule has 1 heterocycles. The van der Waals surface area contributed by atoms with Crippen molar-refractivity contribution < 1.29 is 9.76 Å². The maximum atomic E-state index is 12.0. The number of nitrogens with zero attached hydrogens (tertiary/aromatic N) is 2. The Labute approximate surface area is 101 Å². The molecule has 0 aromatic carbocycles. The molecule has 0 amide bonds. The van der Waals surface area contributed by atoms with Gasteiger partial charge in [-0.05, 0) is 25.0 Å². The van der Waals surface area contributed by atoms with E-state index in [2.05, 4.69) is 10.1 Å². The molecule has 5 nitrogen and oxygen atoms in total. The molecule has 0 saturated carbocycles. The zero-order valence-electron chi connectivity index (χ0n) is 8.85. The molecule has 0 aliphatic rings. The van der Waals surface area contributed by atoms with Gasteiger partial charge in [-0.3, -0.25) is 0 Å². The number of amidine groups is 1. The maximum Gasteiger partial charge on any atom is 0.193 e. The number of hydrogen-bond donors (Lipinski definition) is 2. The highest BCUT2D eigenvalue weighted by Crippen LogP contribution is 2.22. The molecule has 0 aliphatic carbocycles. The minimum Gasteiger partial charge on any atom is -0.611 e. The zero-order chi connectivity index (χ0) is 12.3. The van der Waals surface area contributed by atoms with Gasteiger partial charge >= 0.3 is 0 Å². The van der Waals surface area contributed by atoms with Gasteiger partial charge in [-0.1, -0.05) is 16.8 Å². The van der Waals surface area contributed by atoms with Crippen molar-refractivity contribution in [3.8, 4) is 0 Å². The highest BCUT2D eigenvalue weighted by Gasteiger charge is 2.23. The van der Waals surface area contributed by atoms with E-state index in [0.717, 1.165) is 0 Å². The lowest BCUT2D eigenvalue weighted by Gasteiger charge is -2.16. The van der Waals surface area contributed by atoms with Crippen LogP contribution in [0.15, 0.2) is 22.3 Å². The van der Waals surface area contributed by atoms with Crippen LogP contribution in [0.25, 0.3) is 0 Å². The topological polar surface area (TPSA) is 94.6 Å². The summed E-state index contributed by atoms with van der Waals surface area (Å²) in [5.74, 6) is -0.180. The molecule has 1 atom stereocenters. The molecule has 1 rings (SSSR count). The van der Waals surface area contributed by atoms with E-state index in [1.807, 2.05) is 0 Å². The minimum atomic E-state index is -1.30. The van der Waals surface area contributed by atoms with Crippen LogP contribution in [0.3, 0.4) is 0 Å². The standard InChI is InChI=1S/C9H12ClN3O2S/c1-5(2)16(15)7-3-6(10)4-12-8(7)9(11)13-14/h3-5,14H,1-2H3,(H2,11,13). The van der Waals surface area contributed by atoms with Gasteiger partial charge < -0.3 is 15.5 Å². The average Bonchev–Trinajstić information content (AvgIpc) is 2.26. The summed E-state index contributed by atoms with van der Waals surface area (Å²) in [4.78, 5) is 4.28. The summed E-state index contributed by atoms with van der Waals surface area (Å²) in [6, 6.07) is 1.51. The Morgan fingerprint density at radius 3 is 2.81 bits per heavy atom. The minimum absolute atomic E-state index is 0.106. The fraction of sp³-hybridized carbons (Fsp3) is 0.333. The second-order valence-corrected chi connectivity index (χ2v) is 5.75. The number of rotatable bonds is 3. The second-order valence-electron chi connectivity index (χ2n) is 3.33. The molecule has 1 aromatic heterocycles. The highest BCUT2D eigenvalue weighted by atomic mass is 35.5. The number of oxime groups is 1. The zero-order valence-corrected chi connectivity index (χ0v) is 10.4. The third-order valence-corrected chi connectivity index (χ3v) is 3.62. The quantitative estimate of drug-likeness (QED) is 0.282. The van der Waals surface area contributed by atoms with Crippen molar-refractivity contribution >= 4 is 28.6 Å². The Bertz CT molecular complexity index is 412. The molecule has 0 saturated heterocycles. The Morgan fingerprint density at radius 2 is 2.31 bits per heavy atom. The first-order chi connectivity index (χ1) is 7.47. The number of pyridine rings is 1. The summed E-state index contributed by atoms with van der Waals surface area (Å²) in [6.07, 6.45) is 1.36. The molecule has 0 radical (unpaired) electrons. The first kappa shape index (κ1) is 13.1. The predicted molar refractivity (Wildman–Crippen MR) is 63.3 cm³/mol. The van der Waals surface area contributed by atoms with E-state index in [0.29, 0.717) is 9.92 Å². The van der Waals surface area contributed by atoms with Gasteiger partial charge in [-0.25, -0.2) is 4.98 Å². The van der Waals surface area contributed by atoms with Gasteiger partial charge in [0.25, 0.3) is 0 Å². The Morgan fingerprint density at radius 1 is 1.69 bits per heavy atom. The van der Waals surface area contributed by atoms with Gasteiger partial charge in [-0.2, -0.15) is 0 Å². The van der Waals surface area contributed by atoms with Crippen LogP contribution in [0.2, 0.25) is 5.02 Å². The van der Waals surface area contributed by atoms with Crippen molar-refractivity contribution in [2.45, 2.75) is 24.0 Å². The van der Waals surface area contributed by atoms with Crippen molar-refractivity contribution in [2.75, 3.05) is 0 Å². The number of halogens is 1. The van der Waals surface area contributed by atoms with Crippen molar-refractivity contribution in [3.05, 3.63) is 23.0 Å². The lowest BCUT2D eigenvalue weighted by atomic mass is 10.3. The van der Waals surface area contributed by atoms with Crippen molar-refractivity contribution in [1.82, 2.24) is 4.98 Å². The monoisotopic (exact) mass is 261 g/mol. The molecule has 7 heteroatoms. The van der Waals surface area contributed by atoms with E-state index in [9.17, 15) is 4.55 Å². The highest BCUT2D eigenvalue weighted by molar-refractivity contribution is 7.92. The molecule has 1 aromatic rings. The predicted octanol–water partition coefficient (Wildman–Crippen LogP) is 1.35. The van der Waals surface area contributed by atoms with Crippen LogP contribution in [-0.4, -0.2) is 25.8 Å². The van der Waals surface area contributed by atoms with Crippen molar-refractivity contribution in [2.24, 2.45) is 10.9 Å². The Balaban J connectivity index is 3.29. The summed E-state index contributed by atoms with van der Waals surface area (Å²) < 4.78 is 12.0. The SMILES string of the molecule is CC(C)[S+]([O-])c1cc(Cl)cnc1C(N)=NO. The van der Waals surface area contributed by atoms with Crippen molar-refractivity contribution in [1.29, 1.82) is 0 Å². The molecular formula is C9H12ClN3O2S.